The summed E-state index contributed by atoms with van der Waals surface area (Å²) in [5.41, 5.74) is 8.57. The Balaban J connectivity index is 2.21. The van der Waals surface area contributed by atoms with E-state index >= 15 is 0 Å². The summed E-state index contributed by atoms with van der Waals surface area (Å²) in [6, 6.07) is 6.60. The molecule has 1 aromatic rings. The Morgan fingerprint density at radius 1 is 1.55 bits per heavy atom. The van der Waals surface area contributed by atoms with Crippen LogP contribution in [0.3, 0.4) is 0 Å². The predicted octanol–water partition coefficient (Wildman–Crippen LogP) is 2.33. The first-order valence-electron chi connectivity index (χ1n) is 7.20. The second kappa shape index (κ2) is 5.44. The summed E-state index contributed by atoms with van der Waals surface area (Å²) >= 11 is 0. The van der Waals surface area contributed by atoms with E-state index in [0.29, 0.717) is 6.42 Å². The molecular weight excluding hydrogens is 252 g/mol. The van der Waals surface area contributed by atoms with Crippen molar-refractivity contribution in [2.75, 3.05) is 11.4 Å². The van der Waals surface area contributed by atoms with Crippen LogP contribution in [-0.4, -0.2) is 29.2 Å². The first-order chi connectivity index (χ1) is 9.31. The Morgan fingerprint density at radius 3 is 2.90 bits per heavy atom. The van der Waals surface area contributed by atoms with Crippen molar-refractivity contribution in [3.63, 3.8) is 0 Å². The Kier molecular flexibility index (Phi) is 4.04. The molecule has 1 heterocycles. The number of fused-ring (bicyclic) bond motifs is 1. The minimum absolute atomic E-state index is 0.114. The van der Waals surface area contributed by atoms with Gasteiger partial charge in [-0.2, -0.15) is 0 Å². The van der Waals surface area contributed by atoms with Crippen LogP contribution in [0.2, 0.25) is 0 Å². The molecule has 2 unspecified atom stereocenters. The lowest BCUT2D eigenvalue weighted by Gasteiger charge is -2.38. The van der Waals surface area contributed by atoms with Crippen molar-refractivity contribution >= 4 is 11.7 Å². The van der Waals surface area contributed by atoms with E-state index < -0.39 is 11.5 Å². The molecule has 3 N–H and O–H groups in total. The van der Waals surface area contributed by atoms with Crippen molar-refractivity contribution in [3.05, 3.63) is 29.3 Å². The average molecular weight is 276 g/mol. The monoisotopic (exact) mass is 276 g/mol. The number of hydrogen-bond donors (Lipinski definition) is 2. The van der Waals surface area contributed by atoms with Gasteiger partial charge >= 0.3 is 5.97 Å². The number of anilines is 1. The van der Waals surface area contributed by atoms with Crippen molar-refractivity contribution in [1.82, 2.24) is 0 Å². The van der Waals surface area contributed by atoms with E-state index in [1.165, 1.54) is 16.8 Å². The molecule has 2 atom stereocenters. The predicted molar refractivity (Wildman–Crippen MR) is 81.2 cm³/mol. The third kappa shape index (κ3) is 2.96. The lowest BCUT2D eigenvalue weighted by molar-refractivity contribution is -0.143. The van der Waals surface area contributed by atoms with Crippen LogP contribution in [0.4, 0.5) is 5.69 Å². The lowest BCUT2D eigenvalue weighted by Crippen LogP contribution is -2.51. The summed E-state index contributed by atoms with van der Waals surface area (Å²) in [5.74, 6) is -0.939. The zero-order valence-electron chi connectivity index (χ0n) is 12.5. The van der Waals surface area contributed by atoms with Crippen LogP contribution in [0.15, 0.2) is 18.2 Å². The number of aliphatic carboxylic acids is 1. The summed E-state index contributed by atoms with van der Waals surface area (Å²) in [4.78, 5) is 13.5. The molecule has 110 valence electrons. The quantitative estimate of drug-likeness (QED) is 0.885. The van der Waals surface area contributed by atoms with Crippen molar-refractivity contribution in [2.45, 2.75) is 51.6 Å². The summed E-state index contributed by atoms with van der Waals surface area (Å²) in [7, 11) is 0. The molecule has 20 heavy (non-hydrogen) atoms. The fraction of sp³-hybridized carbons (Fsp3) is 0.562. The van der Waals surface area contributed by atoms with Gasteiger partial charge in [0, 0.05) is 18.3 Å². The van der Waals surface area contributed by atoms with Crippen molar-refractivity contribution < 1.29 is 9.90 Å². The molecule has 0 fully saturated rings. The van der Waals surface area contributed by atoms with E-state index in [9.17, 15) is 9.90 Å². The normalized spacial score (nSPS) is 19.1. The molecule has 1 aliphatic rings. The van der Waals surface area contributed by atoms with Gasteiger partial charge in [-0.05, 0) is 51.7 Å². The molecule has 0 aromatic heterocycles. The maximum absolute atomic E-state index is 11.2. The summed E-state index contributed by atoms with van der Waals surface area (Å²) in [6.07, 6.45) is 2.64. The highest BCUT2D eigenvalue weighted by Gasteiger charge is 2.33. The van der Waals surface area contributed by atoms with Gasteiger partial charge in [0.15, 0.2) is 0 Å². The Labute approximate surface area is 120 Å². The zero-order chi connectivity index (χ0) is 14.9. The Hall–Kier alpha value is -1.55. The fourth-order valence-corrected chi connectivity index (χ4v) is 3.02. The number of aryl methyl sites for hydroxylation is 2. The number of nitrogens with two attached hydrogens (primary N) is 1. The number of carboxylic acids is 1. The van der Waals surface area contributed by atoms with E-state index in [2.05, 4.69) is 36.9 Å². The zero-order valence-corrected chi connectivity index (χ0v) is 12.5. The average Bonchev–Trinajstić information content (AvgIpc) is 2.36. The van der Waals surface area contributed by atoms with Crippen LogP contribution >= 0.6 is 0 Å². The van der Waals surface area contributed by atoms with Crippen LogP contribution < -0.4 is 10.6 Å². The largest absolute Gasteiger partial charge is 0.480 e. The van der Waals surface area contributed by atoms with Crippen LogP contribution in [0.5, 0.6) is 0 Å². The third-order valence-electron chi connectivity index (χ3n) is 4.13. The Bertz CT molecular complexity index is 511. The molecule has 0 bridgehead atoms. The second-order valence-corrected chi connectivity index (χ2v) is 6.20. The molecule has 0 aliphatic carbocycles. The molecule has 4 nitrogen and oxygen atoms in total. The SMILES string of the molecule is Cc1ccc2c(c1)CCCN2C(C)CC(C)(N)C(=O)O. The molecule has 0 amide bonds. The molecule has 4 heteroatoms. The van der Waals surface area contributed by atoms with Gasteiger partial charge in [-0.15, -0.1) is 0 Å². The summed E-state index contributed by atoms with van der Waals surface area (Å²) < 4.78 is 0. The molecule has 1 aromatic carbocycles. The summed E-state index contributed by atoms with van der Waals surface area (Å²) in [6.45, 7) is 6.71. The van der Waals surface area contributed by atoms with Gasteiger partial charge in [0.1, 0.15) is 5.54 Å². The second-order valence-electron chi connectivity index (χ2n) is 6.20. The highest BCUT2D eigenvalue weighted by Crippen LogP contribution is 2.31. The van der Waals surface area contributed by atoms with Gasteiger partial charge in [0.25, 0.3) is 0 Å². The molecule has 0 spiro atoms. The Morgan fingerprint density at radius 2 is 2.25 bits per heavy atom. The van der Waals surface area contributed by atoms with E-state index in [1.807, 2.05) is 0 Å². The number of carboxylic acid groups (broad SMARTS) is 1. The van der Waals surface area contributed by atoms with E-state index in [-0.39, 0.29) is 6.04 Å². The number of hydrogen-bond acceptors (Lipinski definition) is 3. The summed E-state index contributed by atoms with van der Waals surface area (Å²) in [5, 5.41) is 9.18. The van der Waals surface area contributed by atoms with Gasteiger partial charge in [-0.25, -0.2) is 0 Å². The van der Waals surface area contributed by atoms with Crippen molar-refractivity contribution in [2.24, 2.45) is 5.73 Å². The van der Waals surface area contributed by atoms with Crippen molar-refractivity contribution in [1.29, 1.82) is 0 Å². The fourth-order valence-electron chi connectivity index (χ4n) is 3.02. The molecular formula is C16H24N2O2. The number of benzene rings is 1. The molecule has 0 radical (unpaired) electrons. The van der Waals surface area contributed by atoms with Crippen LogP contribution in [0, 0.1) is 6.92 Å². The van der Waals surface area contributed by atoms with E-state index in [1.54, 1.807) is 6.92 Å². The smallest absolute Gasteiger partial charge is 0.323 e. The minimum atomic E-state index is -1.18. The molecule has 0 saturated heterocycles. The standard InChI is InChI=1S/C16H24N2O2/c1-11-6-7-14-13(9-11)5-4-8-18(14)12(2)10-16(3,17)15(19)20/h6-7,9,12H,4-5,8,10,17H2,1-3H3,(H,19,20). The topological polar surface area (TPSA) is 66.6 Å². The molecule has 1 aliphatic heterocycles. The maximum atomic E-state index is 11.2. The molecule has 2 rings (SSSR count). The van der Waals surface area contributed by atoms with Gasteiger partial charge in [0.05, 0.1) is 0 Å². The number of carbonyl (C=O) groups is 1. The highest BCUT2D eigenvalue weighted by molar-refractivity contribution is 5.78. The third-order valence-corrected chi connectivity index (χ3v) is 4.13. The van der Waals surface area contributed by atoms with E-state index in [4.69, 9.17) is 5.73 Å². The van der Waals surface area contributed by atoms with E-state index in [0.717, 1.165) is 19.4 Å². The van der Waals surface area contributed by atoms with Crippen LogP contribution in [0.1, 0.15) is 37.8 Å². The highest BCUT2D eigenvalue weighted by atomic mass is 16.4. The van der Waals surface area contributed by atoms with Gasteiger partial charge in [-0.3, -0.25) is 4.79 Å². The lowest BCUT2D eigenvalue weighted by atomic mass is 9.91. The van der Waals surface area contributed by atoms with Crippen LogP contribution in [-0.2, 0) is 11.2 Å². The first kappa shape index (κ1) is 14.9. The van der Waals surface area contributed by atoms with Crippen molar-refractivity contribution in [3.8, 4) is 0 Å². The van der Waals surface area contributed by atoms with Gasteiger partial charge < -0.3 is 15.7 Å². The van der Waals surface area contributed by atoms with Gasteiger partial charge in [-0.1, -0.05) is 17.7 Å². The number of nitrogens with zero attached hydrogens (tertiary/aromatic N) is 1. The van der Waals surface area contributed by atoms with Gasteiger partial charge in [0.2, 0.25) is 0 Å². The molecule has 0 saturated carbocycles. The van der Waals surface area contributed by atoms with Crippen LogP contribution in [0.25, 0.3) is 0 Å². The minimum Gasteiger partial charge on any atom is -0.480 e. The number of rotatable bonds is 4. The first-order valence-corrected chi connectivity index (χ1v) is 7.20. The maximum Gasteiger partial charge on any atom is 0.323 e.